The average molecular weight is 283 g/mol. The van der Waals surface area contributed by atoms with Crippen LogP contribution in [0.3, 0.4) is 0 Å². The fourth-order valence-electron chi connectivity index (χ4n) is 2.22. The lowest BCUT2D eigenvalue weighted by Crippen LogP contribution is -2.04. The van der Waals surface area contributed by atoms with E-state index in [0.717, 1.165) is 31.6 Å². The van der Waals surface area contributed by atoms with Crippen LogP contribution in [0.1, 0.15) is 37.4 Å². The Morgan fingerprint density at radius 1 is 1.24 bits per heavy atom. The molecule has 0 spiro atoms. The van der Waals surface area contributed by atoms with Gasteiger partial charge in [-0.15, -0.1) is 0 Å². The largest absolute Gasteiger partial charge is 0.439 e. The summed E-state index contributed by atoms with van der Waals surface area (Å²) in [4.78, 5) is 0. The Hall–Kier alpha value is -2.41. The molecule has 2 aromatic rings. The van der Waals surface area contributed by atoms with Gasteiger partial charge in [0.2, 0.25) is 5.88 Å². The zero-order valence-corrected chi connectivity index (χ0v) is 12.6. The standard InChI is InChI=1S/C17H21N3O/c1-3-4-5-10-20-14(12-18)11-16(19)17(20)21-15-8-6-13(2)7-9-15/h6-9,11H,3-5,10,19H2,1-2H3. The molecule has 0 aliphatic heterocycles. The van der Waals surface area contributed by atoms with Crippen molar-refractivity contribution in [1.82, 2.24) is 4.57 Å². The Kier molecular flexibility index (Phi) is 4.89. The van der Waals surface area contributed by atoms with E-state index >= 15 is 0 Å². The maximum atomic E-state index is 9.23. The van der Waals surface area contributed by atoms with Gasteiger partial charge in [0.15, 0.2) is 0 Å². The summed E-state index contributed by atoms with van der Waals surface area (Å²) in [5, 5.41) is 9.23. The fraction of sp³-hybridized carbons (Fsp3) is 0.353. The van der Waals surface area contributed by atoms with Gasteiger partial charge in [0.1, 0.15) is 17.5 Å². The summed E-state index contributed by atoms with van der Waals surface area (Å²) in [7, 11) is 0. The summed E-state index contributed by atoms with van der Waals surface area (Å²) in [5.41, 5.74) is 8.23. The van der Waals surface area contributed by atoms with Crippen LogP contribution in [0.25, 0.3) is 0 Å². The molecule has 0 radical (unpaired) electrons. The predicted octanol–water partition coefficient (Wildman–Crippen LogP) is 4.23. The van der Waals surface area contributed by atoms with Crippen LogP contribution in [0.4, 0.5) is 5.69 Å². The molecule has 0 saturated carbocycles. The van der Waals surface area contributed by atoms with Crippen molar-refractivity contribution in [2.24, 2.45) is 0 Å². The molecule has 0 aliphatic rings. The van der Waals surface area contributed by atoms with Gasteiger partial charge in [-0.2, -0.15) is 5.26 Å². The summed E-state index contributed by atoms with van der Waals surface area (Å²) in [6.07, 6.45) is 3.25. The van der Waals surface area contributed by atoms with Crippen LogP contribution < -0.4 is 10.5 Å². The van der Waals surface area contributed by atoms with Crippen LogP contribution in [0.5, 0.6) is 11.6 Å². The van der Waals surface area contributed by atoms with E-state index in [1.165, 1.54) is 5.56 Å². The van der Waals surface area contributed by atoms with Crippen LogP contribution in [0.2, 0.25) is 0 Å². The van der Waals surface area contributed by atoms with E-state index in [0.29, 0.717) is 17.3 Å². The molecule has 21 heavy (non-hydrogen) atoms. The van der Waals surface area contributed by atoms with Crippen molar-refractivity contribution in [3.63, 3.8) is 0 Å². The van der Waals surface area contributed by atoms with E-state index in [1.54, 1.807) is 6.07 Å². The Morgan fingerprint density at radius 2 is 1.95 bits per heavy atom. The number of nitrogens with two attached hydrogens (primary N) is 1. The van der Waals surface area contributed by atoms with E-state index in [1.807, 2.05) is 35.8 Å². The summed E-state index contributed by atoms with van der Waals surface area (Å²) in [6, 6.07) is 11.6. The van der Waals surface area contributed by atoms with Crippen LogP contribution in [0.15, 0.2) is 30.3 Å². The third kappa shape index (κ3) is 3.57. The van der Waals surface area contributed by atoms with Gasteiger partial charge >= 0.3 is 0 Å². The van der Waals surface area contributed by atoms with E-state index in [2.05, 4.69) is 13.0 Å². The molecule has 0 aliphatic carbocycles. The molecule has 0 amide bonds. The van der Waals surface area contributed by atoms with Crippen molar-refractivity contribution in [3.8, 4) is 17.7 Å². The average Bonchev–Trinajstić information content (AvgIpc) is 2.78. The highest BCUT2D eigenvalue weighted by Crippen LogP contribution is 2.31. The lowest BCUT2D eigenvalue weighted by Gasteiger charge is -2.12. The lowest BCUT2D eigenvalue weighted by molar-refractivity contribution is 0.423. The smallest absolute Gasteiger partial charge is 0.224 e. The fourth-order valence-corrected chi connectivity index (χ4v) is 2.22. The van der Waals surface area contributed by atoms with Crippen molar-refractivity contribution < 1.29 is 4.74 Å². The molecule has 4 heteroatoms. The van der Waals surface area contributed by atoms with Gasteiger partial charge in [-0.1, -0.05) is 37.5 Å². The van der Waals surface area contributed by atoms with Gasteiger partial charge in [-0.3, -0.25) is 0 Å². The first-order valence-electron chi connectivity index (χ1n) is 7.29. The molecule has 110 valence electrons. The normalized spacial score (nSPS) is 10.3. The number of aromatic nitrogens is 1. The molecule has 2 rings (SSSR count). The molecular formula is C17H21N3O. The summed E-state index contributed by atoms with van der Waals surface area (Å²) in [5.74, 6) is 1.29. The highest BCUT2D eigenvalue weighted by Gasteiger charge is 2.15. The molecule has 1 aromatic heterocycles. The molecule has 0 fully saturated rings. The lowest BCUT2D eigenvalue weighted by atomic mass is 10.2. The number of nitrogen functional groups attached to an aromatic ring is 1. The molecule has 4 nitrogen and oxygen atoms in total. The number of aryl methyl sites for hydroxylation is 1. The van der Waals surface area contributed by atoms with Gasteiger partial charge in [0.25, 0.3) is 0 Å². The first-order valence-corrected chi connectivity index (χ1v) is 7.29. The second-order valence-corrected chi connectivity index (χ2v) is 5.18. The number of hydrogen-bond donors (Lipinski definition) is 1. The Morgan fingerprint density at radius 3 is 2.57 bits per heavy atom. The van der Waals surface area contributed by atoms with Gasteiger partial charge < -0.3 is 15.0 Å². The van der Waals surface area contributed by atoms with Crippen LogP contribution in [-0.2, 0) is 6.54 Å². The number of nitrogens with zero attached hydrogens (tertiary/aromatic N) is 2. The van der Waals surface area contributed by atoms with E-state index in [-0.39, 0.29) is 0 Å². The Balaban J connectivity index is 2.26. The number of nitriles is 1. The third-order valence-corrected chi connectivity index (χ3v) is 3.41. The number of anilines is 1. The highest BCUT2D eigenvalue weighted by atomic mass is 16.5. The molecule has 0 atom stereocenters. The predicted molar refractivity (Wildman–Crippen MR) is 84.3 cm³/mol. The minimum atomic E-state index is 0.503. The second-order valence-electron chi connectivity index (χ2n) is 5.18. The maximum absolute atomic E-state index is 9.23. The first-order chi connectivity index (χ1) is 10.2. The molecule has 2 N–H and O–H groups in total. The summed E-state index contributed by atoms with van der Waals surface area (Å²) < 4.78 is 7.76. The number of hydrogen-bond acceptors (Lipinski definition) is 3. The zero-order chi connectivity index (χ0) is 15.2. The second kappa shape index (κ2) is 6.85. The van der Waals surface area contributed by atoms with E-state index < -0.39 is 0 Å². The van der Waals surface area contributed by atoms with Crippen molar-refractivity contribution in [2.45, 2.75) is 39.7 Å². The number of benzene rings is 1. The van der Waals surface area contributed by atoms with Crippen molar-refractivity contribution >= 4 is 5.69 Å². The van der Waals surface area contributed by atoms with Gasteiger partial charge in [0, 0.05) is 12.6 Å². The summed E-state index contributed by atoms with van der Waals surface area (Å²) in [6.45, 7) is 4.92. The Bertz CT molecular complexity index is 635. The molecule has 1 heterocycles. The molecule has 1 aromatic carbocycles. The number of ether oxygens (including phenoxy) is 1. The number of unbranched alkanes of at least 4 members (excludes halogenated alkanes) is 2. The topological polar surface area (TPSA) is 64.0 Å². The molecule has 0 bridgehead atoms. The molecule has 0 unspecified atom stereocenters. The maximum Gasteiger partial charge on any atom is 0.224 e. The van der Waals surface area contributed by atoms with Crippen LogP contribution >= 0.6 is 0 Å². The summed E-state index contributed by atoms with van der Waals surface area (Å²) >= 11 is 0. The van der Waals surface area contributed by atoms with Gasteiger partial charge in [-0.05, 0) is 25.5 Å². The first kappa shape index (κ1) is 15.0. The van der Waals surface area contributed by atoms with Crippen molar-refractivity contribution in [2.75, 3.05) is 5.73 Å². The van der Waals surface area contributed by atoms with Crippen LogP contribution in [-0.4, -0.2) is 4.57 Å². The third-order valence-electron chi connectivity index (χ3n) is 3.41. The van der Waals surface area contributed by atoms with Gasteiger partial charge in [-0.25, -0.2) is 0 Å². The van der Waals surface area contributed by atoms with Crippen molar-refractivity contribution in [1.29, 1.82) is 5.26 Å². The molecular weight excluding hydrogens is 262 g/mol. The zero-order valence-electron chi connectivity index (χ0n) is 12.6. The SMILES string of the molecule is CCCCCn1c(C#N)cc(N)c1Oc1ccc(C)cc1. The van der Waals surface area contributed by atoms with Crippen LogP contribution in [0, 0.1) is 18.3 Å². The quantitative estimate of drug-likeness (QED) is 0.807. The molecule has 0 saturated heterocycles. The van der Waals surface area contributed by atoms with E-state index in [4.69, 9.17) is 10.5 Å². The monoisotopic (exact) mass is 283 g/mol. The highest BCUT2D eigenvalue weighted by molar-refractivity contribution is 5.56. The Labute approximate surface area is 125 Å². The minimum absolute atomic E-state index is 0.503. The van der Waals surface area contributed by atoms with E-state index in [9.17, 15) is 5.26 Å². The van der Waals surface area contributed by atoms with Gasteiger partial charge in [0.05, 0.1) is 5.69 Å². The number of rotatable bonds is 6. The minimum Gasteiger partial charge on any atom is -0.439 e. The van der Waals surface area contributed by atoms with Crippen molar-refractivity contribution in [3.05, 3.63) is 41.6 Å².